The van der Waals surface area contributed by atoms with Crippen molar-refractivity contribution >= 4 is 22.2 Å². The van der Waals surface area contributed by atoms with E-state index in [1.165, 1.54) is 10.8 Å². The van der Waals surface area contributed by atoms with Gasteiger partial charge in [-0.05, 0) is 49.2 Å². The summed E-state index contributed by atoms with van der Waals surface area (Å²) in [6.45, 7) is 6.05. The van der Waals surface area contributed by atoms with E-state index in [0.717, 1.165) is 42.2 Å². The van der Waals surface area contributed by atoms with E-state index >= 15 is 0 Å². The highest BCUT2D eigenvalue weighted by atomic mass is 16.5. The molecule has 0 radical (unpaired) electrons. The molecule has 0 saturated heterocycles. The van der Waals surface area contributed by atoms with Crippen molar-refractivity contribution in [3.05, 3.63) is 65.5 Å². The molecule has 0 bridgehead atoms. The van der Waals surface area contributed by atoms with Crippen LogP contribution in [0.2, 0.25) is 0 Å². The molecule has 0 N–H and O–H groups in total. The molecule has 0 fully saturated rings. The number of Topliss-reactive ketones (excluding diaryl/α,β-unsaturated/α-hetero) is 1. The molecule has 4 heteroatoms. The molecule has 1 heterocycles. The first-order valence-corrected chi connectivity index (χ1v) is 9.40. The fraction of sp³-hybridized carbons (Fsp3) is 0.348. The van der Waals surface area contributed by atoms with Gasteiger partial charge < -0.3 is 14.2 Å². The first-order valence-electron chi connectivity index (χ1n) is 9.40. The Balaban J connectivity index is 1.75. The summed E-state index contributed by atoms with van der Waals surface area (Å²) in [6, 6.07) is 16.6. The van der Waals surface area contributed by atoms with Gasteiger partial charge in [-0.15, -0.1) is 0 Å². The Labute approximate surface area is 161 Å². The molecule has 0 saturated carbocycles. The monoisotopic (exact) mass is 364 g/mol. The summed E-state index contributed by atoms with van der Waals surface area (Å²) in [7, 11) is 3.69. The second-order valence-corrected chi connectivity index (χ2v) is 7.09. The van der Waals surface area contributed by atoms with E-state index in [1.54, 1.807) is 7.11 Å². The Hall–Kier alpha value is -2.59. The number of aromatic nitrogens is 1. The zero-order chi connectivity index (χ0) is 19.4. The van der Waals surface area contributed by atoms with Crippen LogP contribution in [-0.4, -0.2) is 37.7 Å². The number of rotatable bonds is 8. The molecule has 27 heavy (non-hydrogen) atoms. The SMILES string of the molecule is COCCCn1c(C)cc(C(=O)CN(C)c2ccc3ccccc3c2)c1C. The van der Waals surface area contributed by atoms with Crippen molar-refractivity contribution in [1.82, 2.24) is 4.57 Å². The molecular formula is C23H28N2O2. The molecule has 0 aliphatic carbocycles. The van der Waals surface area contributed by atoms with E-state index < -0.39 is 0 Å². The van der Waals surface area contributed by atoms with Gasteiger partial charge in [0, 0.05) is 49.9 Å². The summed E-state index contributed by atoms with van der Waals surface area (Å²) >= 11 is 0. The van der Waals surface area contributed by atoms with Crippen molar-refractivity contribution in [3.8, 4) is 0 Å². The van der Waals surface area contributed by atoms with Crippen LogP contribution in [0.15, 0.2) is 48.5 Å². The molecule has 142 valence electrons. The number of aryl methyl sites for hydroxylation is 1. The highest BCUT2D eigenvalue weighted by Crippen LogP contribution is 2.22. The maximum Gasteiger partial charge on any atom is 0.183 e. The van der Waals surface area contributed by atoms with Crippen LogP contribution in [0, 0.1) is 13.8 Å². The van der Waals surface area contributed by atoms with E-state index in [2.05, 4.69) is 41.8 Å². The second kappa shape index (κ2) is 8.40. The summed E-state index contributed by atoms with van der Waals surface area (Å²) in [5, 5.41) is 2.39. The van der Waals surface area contributed by atoms with E-state index in [1.807, 2.05) is 37.1 Å². The van der Waals surface area contributed by atoms with Crippen LogP contribution in [0.4, 0.5) is 5.69 Å². The third-order valence-electron chi connectivity index (χ3n) is 5.16. The quantitative estimate of drug-likeness (QED) is 0.432. The average molecular weight is 364 g/mol. The second-order valence-electron chi connectivity index (χ2n) is 7.09. The predicted octanol–water partition coefficient (Wildman–Crippen LogP) is 4.61. The van der Waals surface area contributed by atoms with Gasteiger partial charge in [0.2, 0.25) is 0 Å². The lowest BCUT2D eigenvalue weighted by atomic mass is 10.1. The topological polar surface area (TPSA) is 34.5 Å². The lowest BCUT2D eigenvalue weighted by Gasteiger charge is -2.19. The van der Waals surface area contributed by atoms with Crippen LogP contribution in [0.25, 0.3) is 10.8 Å². The zero-order valence-corrected chi connectivity index (χ0v) is 16.7. The summed E-state index contributed by atoms with van der Waals surface area (Å²) in [5.41, 5.74) is 4.04. The van der Waals surface area contributed by atoms with Crippen molar-refractivity contribution in [2.24, 2.45) is 0 Å². The van der Waals surface area contributed by atoms with Crippen LogP contribution in [0.1, 0.15) is 28.2 Å². The number of hydrogen-bond acceptors (Lipinski definition) is 3. The van der Waals surface area contributed by atoms with Crippen molar-refractivity contribution < 1.29 is 9.53 Å². The number of fused-ring (bicyclic) bond motifs is 1. The van der Waals surface area contributed by atoms with Gasteiger partial charge in [-0.2, -0.15) is 0 Å². The molecule has 4 nitrogen and oxygen atoms in total. The van der Waals surface area contributed by atoms with Crippen LogP contribution >= 0.6 is 0 Å². The Bertz CT molecular complexity index is 943. The third kappa shape index (κ3) is 4.22. The van der Waals surface area contributed by atoms with Gasteiger partial charge in [0.05, 0.1) is 6.54 Å². The number of ether oxygens (including phenoxy) is 1. The molecule has 1 aromatic heterocycles. The minimum Gasteiger partial charge on any atom is -0.385 e. The first-order chi connectivity index (χ1) is 13.0. The number of carbonyl (C=O) groups excluding carboxylic acids is 1. The Morgan fingerprint density at radius 2 is 1.81 bits per heavy atom. The van der Waals surface area contributed by atoms with Crippen molar-refractivity contribution in [2.75, 3.05) is 32.2 Å². The number of likely N-dealkylation sites (N-methyl/N-ethyl adjacent to an activating group) is 1. The molecule has 2 aromatic carbocycles. The smallest absolute Gasteiger partial charge is 0.183 e. The van der Waals surface area contributed by atoms with Crippen LogP contribution in [0.3, 0.4) is 0 Å². The number of benzene rings is 2. The lowest BCUT2D eigenvalue weighted by molar-refractivity contribution is 0.0999. The van der Waals surface area contributed by atoms with Gasteiger partial charge in [0.1, 0.15) is 0 Å². The number of methoxy groups -OCH3 is 1. The Morgan fingerprint density at radius 3 is 2.56 bits per heavy atom. The van der Waals surface area contributed by atoms with Crippen molar-refractivity contribution in [3.63, 3.8) is 0 Å². The molecular weight excluding hydrogens is 336 g/mol. The summed E-state index contributed by atoms with van der Waals surface area (Å²) in [5.74, 6) is 0.150. The van der Waals surface area contributed by atoms with Crippen LogP contribution in [0.5, 0.6) is 0 Å². The summed E-state index contributed by atoms with van der Waals surface area (Å²) < 4.78 is 7.35. The number of carbonyl (C=O) groups is 1. The normalized spacial score (nSPS) is 11.1. The van der Waals surface area contributed by atoms with Gasteiger partial charge >= 0.3 is 0 Å². The number of anilines is 1. The summed E-state index contributed by atoms with van der Waals surface area (Å²) in [6.07, 6.45) is 0.942. The third-order valence-corrected chi connectivity index (χ3v) is 5.16. The van der Waals surface area contributed by atoms with Gasteiger partial charge in [0.15, 0.2) is 5.78 Å². The Morgan fingerprint density at radius 1 is 1.07 bits per heavy atom. The fourth-order valence-corrected chi connectivity index (χ4v) is 3.60. The van der Waals surface area contributed by atoms with Crippen LogP contribution in [-0.2, 0) is 11.3 Å². The van der Waals surface area contributed by atoms with Gasteiger partial charge in [0.25, 0.3) is 0 Å². The van der Waals surface area contributed by atoms with Gasteiger partial charge in [-0.25, -0.2) is 0 Å². The molecule has 0 spiro atoms. The number of nitrogens with zero attached hydrogens (tertiary/aromatic N) is 2. The van der Waals surface area contributed by atoms with E-state index in [-0.39, 0.29) is 5.78 Å². The van der Waals surface area contributed by atoms with Crippen LogP contribution < -0.4 is 4.90 Å². The van der Waals surface area contributed by atoms with E-state index in [9.17, 15) is 4.79 Å². The predicted molar refractivity (Wildman–Crippen MR) is 112 cm³/mol. The number of ketones is 1. The minimum absolute atomic E-state index is 0.150. The molecule has 0 aliphatic heterocycles. The summed E-state index contributed by atoms with van der Waals surface area (Å²) in [4.78, 5) is 14.9. The molecule has 0 unspecified atom stereocenters. The molecule has 0 atom stereocenters. The number of hydrogen-bond donors (Lipinski definition) is 0. The molecule has 0 amide bonds. The molecule has 0 aliphatic rings. The Kier molecular flexibility index (Phi) is 5.97. The zero-order valence-electron chi connectivity index (χ0n) is 16.7. The highest BCUT2D eigenvalue weighted by molar-refractivity contribution is 6.00. The van der Waals surface area contributed by atoms with E-state index in [0.29, 0.717) is 6.54 Å². The highest BCUT2D eigenvalue weighted by Gasteiger charge is 2.17. The van der Waals surface area contributed by atoms with Crippen molar-refractivity contribution in [1.29, 1.82) is 0 Å². The maximum absolute atomic E-state index is 12.9. The first kappa shape index (κ1) is 19.2. The van der Waals surface area contributed by atoms with Crippen molar-refractivity contribution in [2.45, 2.75) is 26.8 Å². The fourth-order valence-electron chi connectivity index (χ4n) is 3.60. The standard InChI is InChI=1S/C23H28N2O2/c1-17-14-22(18(2)25(17)12-7-13-27-4)23(26)16-24(3)21-11-10-19-8-5-6-9-20(19)15-21/h5-6,8-11,14-15H,7,12-13,16H2,1-4H3. The van der Waals surface area contributed by atoms with E-state index in [4.69, 9.17) is 4.74 Å². The maximum atomic E-state index is 12.9. The van der Waals surface area contributed by atoms with Gasteiger partial charge in [-0.3, -0.25) is 4.79 Å². The average Bonchev–Trinajstić information content (AvgIpc) is 2.96. The molecule has 3 rings (SSSR count). The lowest BCUT2D eigenvalue weighted by Crippen LogP contribution is -2.26. The minimum atomic E-state index is 0.150. The molecule has 3 aromatic rings. The van der Waals surface area contributed by atoms with Gasteiger partial charge in [-0.1, -0.05) is 30.3 Å². The largest absolute Gasteiger partial charge is 0.385 e.